The van der Waals surface area contributed by atoms with Crippen molar-refractivity contribution in [3.8, 4) is 0 Å². The van der Waals surface area contributed by atoms with E-state index in [1.54, 1.807) is 12.4 Å². The normalized spacial score (nSPS) is 15.9. The maximum Gasteiger partial charge on any atom is 0.220 e. The van der Waals surface area contributed by atoms with Crippen molar-refractivity contribution in [3.05, 3.63) is 65.0 Å². The lowest BCUT2D eigenvalue weighted by Gasteiger charge is -2.31. The van der Waals surface area contributed by atoms with E-state index in [1.165, 1.54) is 42.4 Å². The second kappa shape index (κ2) is 7.81. The van der Waals surface area contributed by atoms with Crippen molar-refractivity contribution < 1.29 is 4.79 Å². The average molecular weight is 336 g/mol. The van der Waals surface area contributed by atoms with E-state index >= 15 is 0 Å². The number of aromatic nitrogens is 1. The minimum Gasteiger partial charge on any atom is -0.355 e. The van der Waals surface area contributed by atoms with Crippen LogP contribution in [0.15, 0.2) is 42.7 Å². The molecule has 0 radical (unpaired) electrons. The largest absolute Gasteiger partial charge is 0.355 e. The molecular formula is C22H28N2O. The molecular weight excluding hydrogens is 308 g/mol. The molecule has 25 heavy (non-hydrogen) atoms. The van der Waals surface area contributed by atoms with E-state index in [2.05, 4.69) is 42.3 Å². The zero-order chi connectivity index (χ0) is 17.7. The Morgan fingerprint density at radius 2 is 1.72 bits per heavy atom. The van der Waals surface area contributed by atoms with Crippen LogP contribution in [0.5, 0.6) is 0 Å². The van der Waals surface area contributed by atoms with Gasteiger partial charge in [-0.1, -0.05) is 42.2 Å². The Balaban J connectivity index is 1.63. The van der Waals surface area contributed by atoms with Gasteiger partial charge in [0.05, 0.1) is 0 Å². The summed E-state index contributed by atoms with van der Waals surface area (Å²) in [6.07, 6.45) is 9.69. The van der Waals surface area contributed by atoms with Crippen molar-refractivity contribution >= 4 is 5.91 Å². The number of carbonyl (C=O) groups is 1. The minimum atomic E-state index is 0.114. The van der Waals surface area contributed by atoms with E-state index in [1.807, 2.05) is 12.1 Å². The van der Waals surface area contributed by atoms with Crippen LogP contribution in [0.4, 0.5) is 0 Å². The second-order valence-corrected chi connectivity index (χ2v) is 7.50. The van der Waals surface area contributed by atoms with Crippen LogP contribution in [-0.4, -0.2) is 17.4 Å². The van der Waals surface area contributed by atoms with Crippen LogP contribution < -0.4 is 5.32 Å². The summed E-state index contributed by atoms with van der Waals surface area (Å²) >= 11 is 0. The van der Waals surface area contributed by atoms with E-state index in [-0.39, 0.29) is 11.3 Å². The molecule has 1 saturated carbocycles. The quantitative estimate of drug-likeness (QED) is 0.856. The van der Waals surface area contributed by atoms with Crippen LogP contribution in [0.25, 0.3) is 0 Å². The van der Waals surface area contributed by atoms with E-state index < -0.39 is 0 Å². The molecule has 1 fully saturated rings. The molecule has 3 heteroatoms. The lowest BCUT2D eigenvalue weighted by Crippen LogP contribution is -2.39. The molecule has 1 aromatic carbocycles. The number of aryl methyl sites for hydroxylation is 3. The number of nitrogens with one attached hydrogen (secondary N) is 1. The van der Waals surface area contributed by atoms with Crippen LogP contribution in [0.3, 0.4) is 0 Å². The van der Waals surface area contributed by atoms with Gasteiger partial charge >= 0.3 is 0 Å². The first-order valence-electron chi connectivity index (χ1n) is 9.32. The first-order valence-corrected chi connectivity index (χ1v) is 9.32. The third kappa shape index (κ3) is 4.47. The number of benzene rings is 1. The minimum absolute atomic E-state index is 0.114. The van der Waals surface area contributed by atoms with Gasteiger partial charge in [-0.15, -0.1) is 0 Å². The highest BCUT2D eigenvalue weighted by molar-refractivity contribution is 5.76. The topological polar surface area (TPSA) is 42.0 Å². The fraction of sp³-hybridized carbons (Fsp3) is 0.455. The highest BCUT2D eigenvalue weighted by atomic mass is 16.1. The van der Waals surface area contributed by atoms with Gasteiger partial charge in [-0.25, -0.2) is 0 Å². The summed E-state index contributed by atoms with van der Waals surface area (Å²) < 4.78 is 0. The number of rotatable bonds is 6. The van der Waals surface area contributed by atoms with Crippen LogP contribution in [0.2, 0.25) is 0 Å². The Labute approximate surface area is 150 Å². The second-order valence-electron chi connectivity index (χ2n) is 7.50. The molecule has 2 aromatic rings. The molecule has 0 atom stereocenters. The molecule has 1 N–H and O–H groups in total. The van der Waals surface area contributed by atoms with Crippen LogP contribution in [0.1, 0.15) is 54.4 Å². The molecule has 1 heterocycles. The maximum absolute atomic E-state index is 12.4. The van der Waals surface area contributed by atoms with E-state index in [0.29, 0.717) is 6.42 Å². The lowest BCUT2D eigenvalue weighted by atomic mass is 9.77. The third-order valence-electron chi connectivity index (χ3n) is 5.41. The molecule has 0 bridgehead atoms. The van der Waals surface area contributed by atoms with Gasteiger partial charge in [0.2, 0.25) is 5.91 Å². The molecule has 0 aliphatic heterocycles. The third-order valence-corrected chi connectivity index (χ3v) is 5.41. The molecule has 0 unspecified atom stereocenters. The summed E-state index contributed by atoms with van der Waals surface area (Å²) in [6, 6.07) is 10.8. The number of amides is 1. The fourth-order valence-corrected chi connectivity index (χ4v) is 4.06. The van der Waals surface area contributed by atoms with Crippen LogP contribution in [0, 0.1) is 13.8 Å². The zero-order valence-corrected chi connectivity index (χ0v) is 15.3. The summed E-state index contributed by atoms with van der Waals surface area (Å²) in [7, 11) is 0. The number of hydrogen-bond donors (Lipinski definition) is 1. The van der Waals surface area contributed by atoms with Crippen LogP contribution in [-0.2, 0) is 16.6 Å². The lowest BCUT2D eigenvalue weighted by molar-refractivity contribution is -0.121. The van der Waals surface area contributed by atoms with Gasteiger partial charge in [0.15, 0.2) is 0 Å². The van der Waals surface area contributed by atoms with Crippen molar-refractivity contribution in [1.29, 1.82) is 0 Å². The summed E-state index contributed by atoms with van der Waals surface area (Å²) in [6.45, 7) is 5.07. The number of hydrogen-bond acceptors (Lipinski definition) is 2. The monoisotopic (exact) mass is 336 g/mol. The SMILES string of the molecule is Cc1cc(C)cc(C2(CNC(=O)CCc3ccncc3)CCCC2)c1. The Kier molecular flexibility index (Phi) is 5.52. The van der Waals surface area contributed by atoms with Crippen LogP contribution >= 0.6 is 0 Å². The van der Waals surface area contributed by atoms with Crippen molar-refractivity contribution in [3.63, 3.8) is 0 Å². The van der Waals surface area contributed by atoms with Gasteiger partial charge in [0.25, 0.3) is 0 Å². The first kappa shape index (κ1) is 17.7. The molecule has 132 valence electrons. The van der Waals surface area contributed by atoms with Crippen molar-refractivity contribution in [1.82, 2.24) is 10.3 Å². The number of carbonyl (C=O) groups excluding carboxylic acids is 1. The summed E-state index contributed by atoms with van der Waals surface area (Å²) in [5.74, 6) is 0.146. The van der Waals surface area contributed by atoms with E-state index in [0.717, 1.165) is 18.5 Å². The Morgan fingerprint density at radius 3 is 2.36 bits per heavy atom. The van der Waals surface area contributed by atoms with Gasteiger partial charge < -0.3 is 5.32 Å². The molecule has 3 nitrogen and oxygen atoms in total. The van der Waals surface area contributed by atoms with Gasteiger partial charge in [-0.3, -0.25) is 9.78 Å². The zero-order valence-electron chi connectivity index (χ0n) is 15.3. The summed E-state index contributed by atoms with van der Waals surface area (Å²) in [4.78, 5) is 16.4. The van der Waals surface area contributed by atoms with Crippen molar-refractivity contribution in [2.24, 2.45) is 0 Å². The standard InChI is InChI=1S/C22H28N2O/c1-17-13-18(2)15-20(14-17)22(9-3-4-10-22)16-24-21(25)6-5-19-7-11-23-12-8-19/h7-8,11-15H,3-6,9-10,16H2,1-2H3,(H,24,25). The molecule has 0 saturated heterocycles. The highest BCUT2D eigenvalue weighted by Crippen LogP contribution is 2.41. The summed E-state index contributed by atoms with van der Waals surface area (Å²) in [5.41, 5.74) is 5.30. The predicted molar refractivity (Wildman–Crippen MR) is 102 cm³/mol. The predicted octanol–water partition coefficient (Wildman–Crippen LogP) is 4.26. The number of pyridine rings is 1. The Morgan fingerprint density at radius 1 is 1.08 bits per heavy atom. The molecule has 1 aliphatic rings. The summed E-state index contributed by atoms with van der Waals surface area (Å²) in [5, 5.41) is 3.22. The smallest absolute Gasteiger partial charge is 0.220 e. The number of nitrogens with zero attached hydrogens (tertiary/aromatic N) is 1. The maximum atomic E-state index is 12.4. The molecule has 1 amide bonds. The molecule has 0 spiro atoms. The van der Waals surface area contributed by atoms with E-state index in [4.69, 9.17) is 0 Å². The van der Waals surface area contributed by atoms with Gasteiger partial charge in [-0.05, 0) is 56.4 Å². The van der Waals surface area contributed by atoms with Crippen molar-refractivity contribution in [2.45, 2.75) is 57.8 Å². The van der Waals surface area contributed by atoms with Crippen molar-refractivity contribution in [2.75, 3.05) is 6.54 Å². The Hall–Kier alpha value is -2.16. The fourth-order valence-electron chi connectivity index (χ4n) is 4.06. The molecule has 3 rings (SSSR count). The van der Waals surface area contributed by atoms with Gasteiger partial charge in [-0.2, -0.15) is 0 Å². The van der Waals surface area contributed by atoms with Gasteiger partial charge in [0, 0.05) is 30.8 Å². The molecule has 1 aromatic heterocycles. The first-order chi connectivity index (χ1) is 12.1. The average Bonchev–Trinajstić information content (AvgIpc) is 3.08. The van der Waals surface area contributed by atoms with E-state index in [9.17, 15) is 4.79 Å². The Bertz CT molecular complexity index is 698. The highest BCUT2D eigenvalue weighted by Gasteiger charge is 2.36. The molecule has 1 aliphatic carbocycles. The van der Waals surface area contributed by atoms with Gasteiger partial charge in [0.1, 0.15) is 0 Å².